The van der Waals surface area contributed by atoms with E-state index < -0.39 is 0 Å². The Morgan fingerprint density at radius 3 is 2.80 bits per heavy atom. The molecule has 1 saturated heterocycles. The van der Waals surface area contributed by atoms with Crippen LogP contribution in [-0.4, -0.2) is 31.1 Å². The molecule has 1 aromatic carbocycles. The van der Waals surface area contributed by atoms with E-state index >= 15 is 0 Å². The van der Waals surface area contributed by atoms with E-state index in [1.807, 2.05) is 6.07 Å². The van der Waals surface area contributed by atoms with Crippen LogP contribution in [0.5, 0.6) is 0 Å². The van der Waals surface area contributed by atoms with Crippen molar-refractivity contribution in [3.63, 3.8) is 0 Å². The van der Waals surface area contributed by atoms with Crippen LogP contribution < -0.4 is 16.0 Å². The highest BCUT2D eigenvalue weighted by atomic mass is 16.1. The van der Waals surface area contributed by atoms with Crippen molar-refractivity contribution in [2.75, 3.05) is 25.0 Å². The van der Waals surface area contributed by atoms with Crippen LogP contribution in [0.2, 0.25) is 0 Å². The van der Waals surface area contributed by atoms with Gasteiger partial charge in [-0.3, -0.25) is 4.79 Å². The summed E-state index contributed by atoms with van der Waals surface area (Å²) in [6.07, 6.45) is 1.53. The molecule has 1 aliphatic heterocycles. The number of hydrogen-bond acceptors (Lipinski definition) is 4. The molecule has 5 heteroatoms. The van der Waals surface area contributed by atoms with E-state index in [-0.39, 0.29) is 11.4 Å². The van der Waals surface area contributed by atoms with Crippen LogP contribution in [0.25, 0.3) is 0 Å². The third-order valence-electron chi connectivity index (χ3n) is 3.57. The molecular formula is C15H20N4O. The minimum Gasteiger partial charge on any atom is -0.326 e. The third kappa shape index (κ3) is 4.05. The highest BCUT2D eigenvalue weighted by Crippen LogP contribution is 2.13. The Morgan fingerprint density at radius 2 is 2.20 bits per heavy atom. The molecule has 0 saturated carbocycles. The molecule has 1 aromatic rings. The van der Waals surface area contributed by atoms with E-state index in [9.17, 15) is 4.79 Å². The minimum atomic E-state index is -0.0169. The second kappa shape index (κ2) is 6.51. The monoisotopic (exact) mass is 272 g/mol. The third-order valence-corrected chi connectivity index (χ3v) is 3.57. The molecule has 0 spiro atoms. The number of anilines is 1. The fourth-order valence-electron chi connectivity index (χ4n) is 2.30. The van der Waals surface area contributed by atoms with Gasteiger partial charge in [-0.1, -0.05) is 0 Å². The molecule has 2 rings (SSSR count). The summed E-state index contributed by atoms with van der Waals surface area (Å²) < 4.78 is 0. The molecule has 1 heterocycles. The normalized spacial score (nSPS) is 21.4. The molecule has 5 nitrogen and oxygen atoms in total. The zero-order chi connectivity index (χ0) is 14.4. The van der Waals surface area contributed by atoms with Crippen molar-refractivity contribution in [3.05, 3.63) is 29.8 Å². The molecule has 20 heavy (non-hydrogen) atoms. The second-order valence-corrected chi connectivity index (χ2v) is 5.40. The largest absolute Gasteiger partial charge is 0.326 e. The number of carbonyl (C=O) groups excluding carboxylic acids is 1. The Morgan fingerprint density at radius 1 is 1.45 bits per heavy atom. The first-order valence-electron chi connectivity index (χ1n) is 6.87. The number of nitrogens with zero attached hydrogens (tertiary/aromatic N) is 1. The van der Waals surface area contributed by atoms with Gasteiger partial charge in [0.15, 0.2) is 0 Å². The van der Waals surface area contributed by atoms with E-state index in [2.05, 4.69) is 22.9 Å². The predicted molar refractivity (Wildman–Crippen MR) is 78.3 cm³/mol. The molecule has 0 aromatic heterocycles. The molecular weight excluding hydrogens is 252 g/mol. The summed E-state index contributed by atoms with van der Waals surface area (Å²) in [5, 5.41) is 18.3. The van der Waals surface area contributed by atoms with Crippen molar-refractivity contribution < 1.29 is 4.79 Å². The molecule has 0 radical (unpaired) electrons. The molecule has 0 aliphatic carbocycles. The average Bonchev–Trinajstić information content (AvgIpc) is 2.86. The number of nitrogens with one attached hydrogen (secondary N) is 3. The first-order chi connectivity index (χ1) is 9.61. The maximum absolute atomic E-state index is 11.8. The van der Waals surface area contributed by atoms with Crippen molar-refractivity contribution >= 4 is 11.6 Å². The van der Waals surface area contributed by atoms with Gasteiger partial charge in [-0.05, 0) is 44.2 Å². The Balaban J connectivity index is 1.73. The number of amides is 1. The van der Waals surface area contributed by atoms with Crippen molar-refractivity contribution in [1.82, 2.24) is 10.6 Å². The molecule has 1 unspecified atom stereocenters. The molecule has 106 valence electrons. The summed E-state index contributed by atoms with van der Waals surface area (Å²) in [6, 6.07) is 8.92. The Kier molecular flexibility index (Phi) is 4.72. The van der Waals surface area contributed by atoms with Gasteiger partial charge < -0.3 is 16.0 Å². The highest BCUT2D eigenvalue weighted by Gasteiger charge is 2.27. The summed E-state index contributed by atoms with van der Waals surface area (Å²) in [6.45, 7) is 4.82. The standard InChI is InChI=1S/C15H20N4O/c1-15(7-9-17-11-15)18-8-6-14(20)19-13-4-2-12(10-16)3-5-13/h2-5,17-18H,6-9,11H2,1H3,(H,19,20). The fourth-order valence-corrected chi connectivity index (χ4v) is 2.30. The average molecular weight is 272 g/mol. The van der Waals surface area contributed by atoms with Gasteiger partial charge >= 0.3 is 0 Å². The number of hydrogen-bond donors (Lipinski definition) is 3. The van der Waals surface area contributed by atoms with Crippen LogP contribution >= 0.6 is 0 Å². The van der Waals surface area contributed by atoms with Crippen molar-refractivity contribution in [2.24, 2.45) is 0 Å². The number of rotatable bonds is 5. The summed E-state index contributed by atoms with van der Waals surface area (Å²) >= 11 is 0. The van der Waals surface area contributed by atoms with Gasteiger partial charge in [-0.25, -0.2) is 0 Å². The Bertz CT molecular complexity index is 498. The van der Waals surface area contributed by atoms with E-state index in [4.69, 9.17) is 5.26 Å². The first-order valence-corrected chi connectivity index (χ1v) is 6.87. The van der Waals surface area contributed by atoms with E-state index in [0.717, 1.165) is 25.2 Å². The van der Waals surface area contributed by atoms with Gasteiger partial charge in [0.05, 0.1) is 11.6 Å². The van der Waals surface area contributed by atoms with Crippen molar-refractivity contribution in [1.29, 1.82) is 5.26 Å². The molecule has 1 amide bonds. The summed E-state index contributed by atoms with van der Waals surface area (Å²) in [4.78, 5) is 11.8. The van der Waals surface area contributed by atoms with Gasteiger partial charge in [0.1, 0.15) is 0 Å². The molecule has 0 bridgehead atoms. The first kappa shape index (κ1) is 14.5. The SMILES string of the molecule is CC1(NCCC(=O)Nc2ccc(C#N)cc2)CCNC1. The van der Waals surface area contributed by atoms with Gasteiger partial charge in [0, 0.05) is 30.7 Å². The van der Waals surface area contributed by atoms with Gasteiger partial charge in [-0.15, -0.1) is 0 Å². The second-order valence-electron chi connectivity index (χ2n) is 5.40. The summed E-state index contributed by atoms with van der Waals surface area (Å²) in [5.41, 5.74) is 1.42. The van der Waals surface area contributed by atoms with Gasteiger partial charge in [0.25, 0.3) is 0 Å². The summed E-state index contributed by atoms with van der Waals surface area (Å²) in [5.74, 6) is -0.0169. The Hall–Kier alpha value is -1.90. The number of carbonyl (C=O) groups is 1. The van der Waals surface area contributed by atoms with Crippen LogP contribution in [0, 0.1) is 11.3 Å². The van der Waals surface area contributed by atoms with Crippen LogP contribution in [0.15, 0.2) is 24.3 Å². The van der Waals surface area contributed by atoms with E-state index in [0.29, 0.717) is 18.5 Å². The summed E-state index contributed by atoms with van der Waals surface area (Å²) in [7, 11) is 0. The lowest BCUT2D eigenvalue weighted by molar-refractivity contribution is -0.116. The molecule has 1 fully saturated rings. The molecule has 1 atom stereocenters. The lowest BCUT2D eigenvalue weighted by Gasteiger charge is -2.24. The van der Waals surface area contributed by atoms with E-state index in [1.165, 1.54) is 0 Å². The fraction of sp³-hybridized carbons (Fsp3) is 0.467. The van der Waals surface area contributed by atoms with Crippen LogP contribution in [0.3, 0.4) is 0 Å². The van der Waals surface area contributed by atoms with Gasteiger partial charge in [-0.2, -0.15) is 5.26 Å². The minimum absolute atomic E-state index is 0.0169. The molecule has 3 N–H and O–H groups in total. The smallest absolute Gasteiger partial charge is 0.225 e. The lowest BCUT2D eigenvalue weighted by atomic mass is 10.0. The maximum atomic E-state index is 11.8. The van der Waals surface area contributed by atoms with Crippen LogP contribution in [-0.2, 0) is 4.79 Å². The highest BCUT2D eigenvalue weighted by molar-refractivity contribution is 5.90. The van der Waals surface area contributed by atoms with Crippen molar-refractivity contribution in [2.45, 2.75) is 25.3 Å². The molecule has 1 aliphatic rings. The van der Waals surface area contributed by atoms with Crippen molar-refractivity contribution in [3.8, 4) is 6.07 Å². The number of benzene rings is 1. The van der Waals surface area contributed by atoms with Crippen LogP contribution in [0.1, 0.15) is 25.3 Å². The number of nitriles is 1. The lowest BCUT2D eigenvalue weighted by Crippen LogP contribution is -2.45. The Labute approximate surface area is 119 Å². The zero-order valence-electron chi connectivity index (χ0n) is 11.7. The predicted octanol–water partition coefficient (Wildman–Crippen LogP) is 1.23. The van der Waals surface area contributed by atoms with E-state index in [1.54, 1.807) is 24.3 Å². The quantitative estimate of drug-likeness (QED) is 0.753. The van der Waals surface area contributed by atoms with Gasteiger partial charge in [0.2, 0.25) is 5.91 Å². The zero-order valence-corrected chi connectivity index (χ0v) is 11.7. The maximum Gasteiger partial charge on any atom is 0.225 e. The van der Waals surface area contributed by atoms with Crippen LogP contribution in [0.4, 0.5) is 5.69 Å². The topological polar surface area (TPSA) is 77.0 Å².